The predicted molar refractivity (Wildman–Crippen MR) is 130 cm³/mol. The van der Waals surface area contributed by atoms with E-state index in [4.69, 9.17) is 5.84 Å². The average Bonchev–Trinajstić information content (AvgIpc) is 3.27. The van der Waals surface area contributed by atoms with Gasteiger partial charge in [0.1, 0.15) is 18.4 Å². The van der Waals surface area contributed by atoms with E-state index in [1.165, 1.54) is 11.2 Å². The number of halogens is 1. The van der Waals surface area contributed by atoms with Gasteiger partial charge in [0.25, 0.3) is 5.91 Å². The van der Waals surface area contributed by atoms with Gasteiger partial charge >= 0.3 is 16.5 Å². The third-order valence-corrected chi connectivity index (χ3v) is 6.31. The number of hydrazone groups is 1. The van der Waals surface area contributed by atoms with Crippen LogP contribution in [-0.4, -0.2) is 97.1 Å². The molecule has 4 amide bonds. The molecule has 2 fully saturated rings. The van der Waals surface area contributed by atoms with E-state index in [9.17, 15) is 27.7 Å². The summed E-state index contributed by atoms with van der Waals surface area (Å²) in [6.45, 7) is 4.78. The van der Waals surface area contributed by atoms with Gasteiger partial charge in [-0.05, 0) is 38.0 Å². The van der Waals surface area contributed by atoms with Crippen molar-refractivity contribution in [2.75, 3.05) is 26.7 Å². The monoisotopic (exact) mass is 536 g/mol. The van der Waals surface area contributed by atoms with Gasteiger partial charge in [-0.1, -0.05) is 13.8 Å². The maximum absolute atomic E-state index is 13.7. The molecule has 0 aliphatic carbocycles. The number of imide groups is 1. The molecule has 0 aromatic heterocycles. The third-order valence-electron chi connectivity index (χ3n) is 5.88. The SMILES string of the molecule is CC(C)CC(N=S(=O)=O)C(=O)N1CCC[C@H]1C(=O)N(C(=O)N(C)N=O)C1CCCN(C=NN)C1.Cl. The number of hydrogen-bond donors (Lipinski definition) is 1. The van der Waals surface area contributed by atoms with Crippen LogP contribution in [-0.2, 0) is 20.1 Å². The van der Waals surface area contributed by atoms with Crippen molar-refractivity contribution in [3.63, 3.8) is 0 Å². The lowest BCUT2D eigenvalue weighted by Gasteiger charge is -2.39. The first-order valence-corrected chi connectivity index (χ1v) is 12.2. The lowest BCUT2D eigenvalue weighted by Crippen LogP contribution is -2.59. The highest BCUT2D eigenvalue weighted by Gasteiger charge is 2.44. The highest BCUT2D eigenvalue weighted by molar-refractivity contribution is 7.61. The maximum atomic E-state index is 13.7. The zero-order valence-corrected chi connectivity index (χ0v) is 21.7. The predicted octanol–water partition coefficient (Wildman–Crippen LogP) is 0.805. The Morgan fingerprint density at radius 3 is 2.40 bits per heavy atom. The van der Waals surface area contributed by atoms with Crippen LogP contribution in [0.25, 0.3) is 0 Å². The fourth-order valence-corrected chi connectivity index (χ4v) is 4.78. The van der Waals surface area contributed by atoms with Gasteiger partial charge in [-0.2, -0.15) is 22.9 Å². The minimum atomic E-state index is -2.79. The molecule has 2 N–H and O–H groups in total. The van der Waals surface area contributed by atoms with Gasteiger partial charge in [0.05, 0.1) is 11.3 Å². The summed E-state index contributed by atoms with van der Waals surface area (Å²) < 4.78 is 25.9. The second kappa shape index (κ2) is 13.9. The zero-order valence-electron chi connectivity index (χ0n) is 20.0. The number of carbonyl (C=O) groups excluding carboxylic acids is 3. The van der Waals surface area contributed by atoms with Crippen molar-refractivity contribution in [1.29, 1.82) is 0 Å². The Bertz CT molecular complexity index is 938. The number of likely N-dealkylation sites (tertiary alicyclic amines) is 2. The molecule has 14 nitrogen and oxygen atoms in total. The van der Waals surface area contributed by atoms with E-state index in [1.807, 2.05) is 13.8 Å². The van der Waals surface area contributed by atoms with E-state index < -0.39 is 46.5 Å². The van der Waals surface area contributed by atoms with Crippen molar-refractivity contribution in [3.8, 4) is 0 Å². The number of carbonyl (C=O) groups is 3. The lowest BCUT2D eigenvalue weighted by molar-refractivity contribution is -0.144. The number of nitroso groups, excluding NO2 is 1. The number of hydrogen-bond acceptors (Lipinski definition) is 10. The molecule has 2 heterocycles. The number of nitrogens with two attached hydrogens (primary N) is 1. The molecule has 0 saturated carbocycles. The molecule has 3 atom stereocenters. The Morgan fingerprint density at radius 2 is 1.83 bits per heavy atom. The topological polar surface area (TPSA) is 178 Å². The summed E-state index contributed by atoms with van der Waals surface area (Å²) in [7, 11) is -1.64. The summed E-state index contributed by atoms with van der Waals surface area (Å²) in [5, 5.41) is 6.66. The Labute approximate surface area is 211 Å². The van der Waals surface area contributed by atoms with Crippen LogP contribution in [0.5, 0.6) is 0 Å². The quantitative estimate of drug-likeness (QED) is 0.155. The minimum Gasteiger partial charge on any atom is -0.359 e. The summed E-state index contributed by atoms with van der Waals surface area (Å²) in [4.78, 5) is 54.9. The van der Waals surface area contributed by atoms with Gasteiger partial charge < -0.3 is 15.6 Å². The molecule has 2 saturated heterocycles. The fraction of sp³-hybridized carbons (Fsp3) is 0.789. The fourth-order valence-electron chi connectivity index (χ4n) is 4.39. The molecule has 0 aromatic carbocycles. The van der Waals surface area contributed by atoms with E-state index in [-0.39, 0.29) is 37.8 Å². The summed E-state index contributed by atoms with van der Waals surface area (Å²) >= 11 is 0. The molecule has 2 aliphatic rings. The number of nitrogens with zero attached hydrogens (tertiary/aromatic N) is 7. The Morgan fingerprint density at radius 1 is 1.17 bits per heavy atom. The van der Waals surface area contributed by atoms with Crippen LogP contribution in [0.15, 0.2) is 14.7 Å². The lowest BCUT2D eigenvalue weighted by atomic mass is 10.0. The van der Waals surface area contributed by atoms with E-state index >= 15 is 0 Å². The van der Waals surface area contributed by atoms with Crippen molar-refractivity contribution >= 4 is 47.1 Å². The van der Waals surface area contributed by atoms with Crippen molar-refractivity contribution < 1.29 is 22.8 Å². The van der Waals surface area contributed by atoms with Crippen LogP contribution in [0, 0.1) is 10.8 Å². The largest absolute Gasteiger partial charge is 0.359 e. The molecule has 35 heavy (non-hydrogen) atoms. The van der Waals surface area contributed by atoms with E-state index in [2.05, 4.69) is 14.7 Å². The first-order valence-electron chi connectivity index (χ1n) is 11.1. The summed E-state index contributed by atoms with van der Waals surface area (Å²) in [5.41, 5.74) is 0. The molecule has 2 rings (SSSR count). The Kier molecular flexibility index (Phi) is 12.0. The van der Waals surface area contributed by atoms with Crippen LogP contribution in [0.3, 0.4) is 0 Å². The molecular weight excluding hydrogens is 504 g/mol. The first kappa shape index (κ1) is 30.2. The highest BCUT2D eigenvalue weighted by atomic mass is 35.5. The third kappa shape index (κ3) is 7.85. The van der Waals surface area contributed by atoms with Gasteiger partial charge in [-0.15, -0.1) is 17.3 Å². The number of piperidine rings is 1. The number of rotatable bonds is 8. The van der Waals surface area contributed by atoms with E-state index in [1.54, 1.807) is 4.90 Å². The van der Waals surface area contributed by atoms with Crippen molar-refractivity contribution in [2.45, 2.75) is 64.1 Å². The summed E-state index contributed by atoms with van der Waals surface area (Å²) in [6, 6.07) is -3.64. The smallest absolute Gasteiger partial charge is 0.349 e. The Hall–Kier alpha value is -2.81. The molecular formula is C19H33ClN8O6S. The second-order valence-electron chi connectivity index (χ2n) is 8.81. The standard InChI is InChI=1S/C19H32N8O6S.ClH/c1-13(2)10-15(22-34(32)33)17(28)26-9-5-7-16(26)18(29)27(19(30)24(3)23-31)14-6-4-8-25(11-14)12-21-20;/h12-16H,4-11,20H2,1-3H3;1H/t14?,15?,16-;/m0./s1. The molecule has 2 unspecified atom stereocenters. The van der Waals surface area contributed by atoms with Crippen LogP contribution in [0.2, 0.25) is 0 Å². The van der Waals surface area contributed by atoms with Gasteiger partial charge in [-0.3, -0.25) is 14.5 Å². The van der Waals surface area contributed by atoms with Crippen LogP contribution >= 0.6 is 12.4 Å². The van der Waals surface area contributed by atoms with Crippen molar-refractivity contribution in [3.05, 3.63) is 4.91 Å². The van der Waals surface area contributed by atoms with Crippen LogP contribution in [0.1, 0.15) is 46.0 Å². The van der Waals surface area contributed by atoms with Gasteiger partial charge in [0.2, 0.25) is 5.91 Å². The van der Waals surface area contributed by atoms with Crippen molar-refractivity contribution in [2.24, 2.45) is 26.5 Å². The van der Waals surface area contributed by atoms with Crippen LogP contribution < -0.4 is 5.84 Å². The molecule has 0 spiro atoms. The highest BCUT2D eigenvalue weighted by Crippen LogP contribution is 2.26. The summed E-state index contributed by atoms with van der Waals surface area (Å²) in [6.07, 6.45) is 3.53. The van der Waals surface area contributed by atoms with E-state index in [0.717, 1.165) is 11.9 Å². The van der Waals surface area contributed by atoms with Gasteiger partial charge in [-0.25, -0.2) is 4.79 Å². The first-order chi connectivity index (χ1) is 16.1. The Balaban J connectivity index is 0.00000612. The molecule has 0 radical (unpaired) electrons. The molecule has 198 valence electrons. The number of amides is 4. The molecule has 16 heteroatoms. The zero-order chi connectivity index (χ0) is 25.4. The second-order valence-corrected chi connectivity index (χ2v) is 9.45. The molecule has 2 aliphatic heterocycles. The normalized spacial score (nSPS) is 20.8. The van der Waals surface area contributed by atoms with Crippen molar-refractivity contribution in [1.82, 2.24) is 19.7 Å². The van der Waals surface area contributed by atoms with Gasteiger partial charge in [0.15, 0.2) is 0 Å². The summed E-state index contributed by atoms with van der Waals surface area (Å²) in [5.74, 6) is 4.00. The number of urea groups is 1. The average molecular weight is 537 g/mol. The van der Waals surface area contributed by atoms with E-state index in [0.29, 0.717) is 37.2 Å². The maximum Gasteiger partial charge on any atom is 0.349 e. The molecule has 0 bridgehead atoms. The van der Waals surface area contributed by atoms with Gasteiger partial charge in [0, 0.05) is 26.7 Å². The minimum absolute atomic E-state index is 0. The van der Waals surface area contributed by atoms with Crippen LogP contribution in [0.4, 0.5) is 4.79 Å². The molecule has 0 aromatic rings.